The first-order valence-corrected chi connectivity index (χ1v) is 9.43. The lowest BCUT2D eigenvalue weighted by atomic mass is 10.1. The van der Waals surface area contributed by atoms with Gasteiger partial charge in [0.2, 0.25) is 0 Å². The lowest BCUT2D eigenvalue weighted by Gasteiger charge is -2.14. The molecule has 3 N–H and O–H groups in total. The van der Waals surface area contributed by atoms with E-state index in [1.165, 1.54) is 0 Å². The summed E-state index contributed by atoms with van der Waals surface area (Å²) in [5, 5.41) is 12.5. The maximum atomic E-state index is 13.3. The molecule has 0 radical (unpaired) electrons. The molecule has 3 aromatic carbocycles. The number of hydroxylamine groups is 1. The highest BCUT2D eigenvalue weighted by atomic mass is 16.5. The summed E-state index contributed by atoms with van der Waals surface area (Å²) in [5.41, 5.74) is 4.83. The van der Waals surface area contributed by atoms with Gasteiger partial charge in [0.1, 0.15) is 5.82 Å². The molecule has 0 fully saturated rings. The fourth-order valence-corrected chi connectivity index (χ4v) is 3.41. The molecule has 1 heterocycles. The van der Waals surface area contributed by atoms with Crippen LogP contribution in [-0.4, -0.2) is 20.7 Å². The topological polar surface area (TPSA) is 96.2 Å². The average molecular weight is 400 g/mol. The van der Waals surface area contributed by atoms with Crippen molar-refractivity contribution in [2.24, 2.45) is 0 Å². The third-order valence-corrected chi connectivity index (χ3v) is 4.88. The van der Waals surface area contributed by atoms with E-state index >= 15 is 0 Å². The van der Waals surface area contributed by atoms with Crippen molar-refractivity contribution >= 4 is 22.5 Å². The third-order valence-electron chi connectivity index (χ3n) is 4.88. The van der Waals surface area contributed by atoms with Crippen LogP contribution in [0.1, 0.15) is 21.7 Å². The van der Waals surface area contributed by atoms with Gasteiger partial charge in [0.05, 0.1) is 16.6 Å². The molecule has 0 aliphatic carbocycles. The van der Waals surface area contributed by atoms with Crippen molar-refractivity contribution in [3.63, 3.8) is 0 Å². The summed E-state index contributed by atoms with van der Waals surface area (Å²) in [5.74, 6) is 0.0556. The van der Waals surface area contributed by atoms with E-state index in [-0.39, 0.29) is 5.56 Å². The minimum atomic E-state index is -0.563. The molecule has 4 aromatic rings. The molecular formula is C23H20N4O3. The highest BCUT2D eigenvalue weighted by molar-refractivity contribution is 5.93. The molecule has 1 aromatic heterocycles. The molecule has 1 amide bonds. The maximum Gasteiger partial charge on any atom is 0.274 e. The van der Waals surface area contributed by atoms with E-state index in [0.717, 1.165) is 11.3 Å². The zero-order valence-corrected chi connectivity index (χ0v) is 16.3. The summed E-state index contributed by atoms with van der Waals surface area (Å²) in [4.78, 5) is 29.4. The summed E-state index contributed by atoms with van der Waals surface area (Å²) in [6.45, 7) is 2.27. The van der Waals surface area contributed by atoms with Crippen LogP contribution in [0, 0.1) is 6.92 Å². The molecule has 0 aliphatic rings. The molecule has 30 heavy (non-hydrogen) atoms. The van der Waals surface area contributed by atoms with E-state index < -0.39 is 5.91 Å². The van der Waals surface area contributed by atoms with E-state index in [1.807, 2.05) is 55.5 Å². The second-order valence-corrected chi connectivity index (χ2v) is 6.83. The standard InChI is InChI=1S/C23H20N4O3/c1-15-25-20-9-5-8-19(21(20)23(29)27(15)18-6-3-2-4-7-18)24-14-16-10-12-17(13-11-16)22(28)26-30/h2-13,24,30H,14H2,1H3,(H,26,28). The molecule has 0 saturated heterocycles. The Hall–Kier alpha value is -3.97. The number of aromatic nitrogens is 2. The molecule has 0 saturated carbocycles. The number of nitrogens with zero attached hydrogens (tertiary/aromatic N) is 2. The number of fused-ring (bicyclic) bond motifs is 1. The largest absolute Gasteiger partial charge is 0.380 e. The fraction of sp³-hybridized carbons (Fsp3) is 0.0870. The van der Waals surface area contributed by atoms with Gasteiger partial charge in [0.25, 0.3) is 11.5 Å². The molecule has 0 bridgehead atoms. The van der Waals surface area contributed by atoms with Gasteiger partial charge in [-0.25, -0.2) is 10.5 Å². The zero-order valence-electron chi connectivity index (χ0n) is 16.3. The number of aryl methyl sites for hydroxylation is 1. The van der Waals surface area contributed by atoms with Crippen molar-refractivity contribution in [2.45, 2.75) is 13.5 Å². The van der Waals surface area contributed by atoms with Gasteiger partial charge >= 0.3 is 0 Å². The Kier molecular flexibility index (Phi) is 5.28. The molecule has 4 rings (SSSR count). The van der Waals surface area contributed by atoms with Crippen LogP contribution in [0.5, 0.6) is 0 Å². The van der Waals surface area contributed by atoms with Crippen LogP contribution >= 0.6 is 0 Å². The SMILES string of the molecule is Cc1nc2cccc(NCc3ccc(C(=O)NO)cc3)c2c(=O)n1-c1ccccc1. The number of para-hydroxylation sites is 1. The van der Waals surface area contributed by atoms with Crippen LogP contribution in [-0.2, 0) is 6.54 Å². The van der Waals surface area contributed by atoms with E-state index in [9.17, 15) is 9.59 Å². The minimum absolute atomic E-state index is 0.137. The fourth-order valence-electron chi connectivity index (χ4n) is 3.41. The van der Waals surface area contributed by atoms with Crippen molar-refractivity contribution in [3.8, 4) is 5.69 Å². The number of hydrogen-bond donors (Lipinski definition) is 3. The molecule has 7 heteroatoms. The highest BCUT2D eigenvalue weighted by Crippen LogP contribution is 2.21. The maximum absolute atomic E-state index is 13.3. The smallest absolute Gasteiger partial charge is 0.274 e. The van der Waals surface area contributed by atoms with Gasteiger partial charge in [-0.15, -0.1) is 0 Å². The van der Waals surface area contributed by atoms with Crippen molar-refractivity contribution < 1.29 is 10.0 Å². The number of benzene rings is 3. The van der Waals surface area contributed by atoms with E-state index in [0.29, 0.717) is 34.5 Å². The summed E-state index contributed by atoms with van der Waals surface area (Å²) >= 11 is 0. The number of amides is 1. The van der Waals surface area contributed by atoms with Gasteiger partial charge in [-0.05, 0) is 48.9 Å². The molecule has 0 spiro atoms. The number of hydrogen-bond acceptors (Lipinski definition) is 5. The van der Waals surface area contributed by atoms with Gasteiger partial charge in [0, 0.05) is 17.8 Å². The number of nitrogens with one attached hydrogen (secondary N) is 2. The first kappa shape index (κ1) is 19.4. The van der Waals surface area contributed by atoms with Crippen LogP contribution < -0.4 is 16.4 Å². The summed E-state index contributed by atoms with van der Waals surface area (Å²) < 4.78 is 1.61. The number of carbonyl (C=O) groups is 1. The molecule has 0 atom stereocenters. The molecule has 150 valence electrons. The van der Waals surface area contributed by atoms with Gasteiger partial charge < -0.3 is 5.32 Å². The number of rotatable bonds is 5. The summed E-state index contributed by atoms with van der Waals surface area (Å²) in [7, 11) is 0. The molecule has 0 unspecified atom stereocenters. The third kappa shape index (κ3) is 3.66. The Bertz CT molecular complexity index is 1270. The predicted molar refractivity (Wildman–Crippen MR) is 115 cm³/mol. The van der Waals surface area contributed by atoms with Crippen LogP contribution in [0.25, 0.3) is 16.6 Å². The molecular weight excluding hydrogens is 380 g/mol. The predicted octanol–water partition coefficient (Wildman–Crippen LogP) is 3.43. The summed E-state index contributed by atoms with van der Waals surface area (Å²) in [6, 6.07) is 21.8. The van der Waals surface area contributed by atoms with Crippen LogP contribution in [0.4, 0.5) is 5.69 Å². The quantitative estimate of drug-likeness (QED) is 0.352. The highest BCUT2D eigenvalue weighted by Gasteiger charge is 2.13. The van der Waals surface area contributed by atoms with E-state index in [2.05, 4.69) is 10.3 Å². The number of carbonyl (C=O) groups excluding carboxylic acids is 1. The summed E-state index contributed by atoms with van der Waals surface area (Å²) in [6.07, 6.45) is 0. The normalized spacial score (nSPS) is 10.7. The average Bonchev–Trinajstić information content (AvgIpc) is 2.78. The second kappa shape index (κ2) is 8.18. The molecule has 7 nitrogen and oxygen atoms in total. The minimum Gasteiger partial charge on any atom is -0.380 e. The Labute approximate surface area is 172 Å². The van der Waals surface area contributed by atoms with Crippen LogP contribution in [0.15, 0.2) is 77.6 Å². The Morgan fingerprint density at radius 1 is 1.00 bits per heavy atom. The Morgan fingerprint density at radius 3 is 2.43 bits per heavy atom. The van der Waals surface area contributed by atoms with Crippen molar-refractivity contribution in [2.75, 3.05) is 5.32 Å². The lowest BCUT2D eigenvalue weighted by Crippen LogP contribution is -2.23. The van der Waals surface area contributed by atoms with Crippen LogP contribution in [0.2, 0.25) is 0 Å². The van der Waals surface area contributed by atoms with Crippen molar-refractivity contribution in [1.29, 1.82) is 0 Å². The van der Waals surface area contributed by atoms with Crippen molar-refractivity contribution in [1.82, 2.24) is 15.0 Å². The van der Waals surface area contributed by atoms with Gasteiger partial charge in [-0.3, -0.25) is 19.4 Å². The lowest BCUT2D eigenvalue weighted by molar-refractivity contribution is 0.0706. The second-order valence-electron chi connectivity index (χ2n) is 6.83. The molecule has 0 aliphatic heterocycles. The van der Waals surface area contributed by atoms with Gasteiger partial charge in [0.15, 0.2) is 0 Å². The first-order valence-electron chi connectivity index (χ1n) is 9.43. The Balaban J connectivity index is 1.70. The number of anilines is 1. The van der Waals surface area contributed by atoms with E-state index in [4.69, 9.17) is 5.21 Å². The van der Waals surface area contributed by atoms with E-state index in [1.54, 1.807) is 34.3 Å². The van der Waals surface area contributed by atoms with Gasteiger partial charge in [-0.2, -0.15) is 0 Å². The van der Waals surface area contributed by atoms with Gasteiger partial charge in [-0.1, -0.05) is 36.4 Å². The first-order chi connectivity index (χ1) is 14.6. The monoisotopic (exact) mass is 400 g/mol. The Morgan fingerprint density at radius 2 is 1.73 bits per heavy atom. The van der Waals surface area contributed by atoms with Crippen LogP contribution in [0.3, 0.4) is 0 Å². The van der Waals surface area contributed by atoms with Crippen molar-refractivity contribution in [3.05, 3.63) is 100 Å². The zero-order chi connectivity index (χ0) is 21.1.